The molecule has 0 N–H and O–H groups in total. The molecule has 0 unspecified atom stereocenters. The van der Waals surface area contributed by atoms with Crippen LogP contribution in [0, 0.1) is 0 Å². The summed E-state index contributed by atoms with van der Waals surface area (Å²) in [7, 11) is -2.61. The fraction of sp³-hybridized carbons (Fsp3) is 0.600. The summed E-state index contributed by atoms with van der Waals surface area (Å²) in [5.41, 5.74) is 1.15. The van der Waals surface area contributed by atoms with Gasteiger partial charge in [-0.15, -0.1) is 0 Å². The van der Waals surface area contributed by atoms with E-state index in [2.05, 4.69) is 0 Å². The lowest BCUT2D eigenvalue weighted by molar-refractivity contribution is 0.0704. The lowest BCUT2D eigenvalue weighted by atomic mass is 10.2. The molecule has 0 fully saturated rings. The van der Waals surface area contributed by atoms with Crippen molar-refractivity contribution < 1.29 is 18.0 Å². The summed E-state index contributed by atoms with van der Waals surface area (Å²) in [5, 5.41) is 0. The number of hydrogen-bond donors (Lipinski definition) is 0. The predicted molar refractivity (Wildman–Crippen MR) is 81.9 cm³/mol. The first kappa shape index (κ1) is 17.2. The summed E-state index contributed by atoms with van der Waals surface area (Å²) >= 11 is 0. The third-order valence-corrected chi connectivity index (χ3v) is 5.77. The van der Waals surface area contributed by atoms with Crippen LogP contribution in [0.5, 0.6) is 5.75 Å². The molecule has 0 atom stereocenters. The van der Waals surface area contributed by atoms with E-state index >= 15 is 0 Å². The maximum atomic E-state index is 5.86. The van der Waals surface area contributed by atoms with Crippen molar-refractivity contribution in [3.8, 4) is 5.75 Å². The zero-order valence-corrected chi connectivity index (χ0v) is 14.0. The number of hydrogen-bond acceptors (Lipinski definition) is 4. The Morgan fingerprint density at radius 2 is 1.25 bits per heavy atom. The van der Waals surface area contributed by atoms with Crippen LogP contribution in [-0.2, 0) is 19.3 Å². The Kier molecular flexibility index (Phi) is 7.83. The van der Waals surface area contributed by atoms with Gasteiger partial charge in [-0.25, -0.2) is 0 Å². The van der Waals surface area contributed by atoms with Gasteiger partial charge in [-0.1, -0.05) is 12.1 Å². The average molecular weight is 298 g/mol. The van der Waals surface area contributed by atoms with Crippen molar-refractivity contribution in [3.63, 3.8) is 0 Å². The summed E-state index contributed by atoms with van der Waals surface area (Å²) < 4.78 is 23.0. The minimum absolute atomic E-state index is 0.600. The third kappa shape index (κ3) is 5.24. The van der Waals surface area contributed by atoms with E-state index in [1.165, 1.54) is 0 Å². The molecule has 0 aromatic heterocycles. The molecule has 1 aromatic carbocycles. The van der Waals surface area contributed by atoms with Crippen LogP contribution in [0.3, 0.4) is 0 Å². The van der Waals surface area contributed by atoms with Crippen LogP contribution in [0.2, 0.25) is 0 Å². The molecule has 20 heavy (non-hydrogen) atoms. The number of rotatable bonds is 10. The van der Waals surface area contributed by atoms with Crippen LogP contribution in [0.4, 0.5) is 0 Å². The fourth-order valence-corrected chi connectivity index (χ4v) is 4.67. The van der Waals surface area contributed by atoms with Gasteiger partial charge in [-0.2, -0.15) is 0 Å². The van der Waals surface area contributed by atoms with Gasteiger partial charge in [0.1, 0.15) is 5.75 Å². The van der Waals surface area contributed by atoms with Gasteiger partial charge in [0.25, 0.3) is 0 Å². The van der Waals surface area contributed by atoms with Crippen molar-refractivity contribution in [1.29, 1.82) is 0 Å². The highest BCUT2D eigenvalue weighted by Crippen LogP contribution is 2.19. The van der Waals surface area contributed by atoms with Crippen molar-refractivity contribution in [3.05, 3.63) is 29.8 Å². The molecule has 5 heteroatoms. The highest BCUT2D eigenvalue weighted by atomic mass is 28.4. The molecular formula is C15H26O4Si. The predicted octanol–water partition coefficient (Wildman–Crippen LogP) is 3.22. The topological polar surface area (TPSA) is 36.9 Å². The summed E-state index contributed by atoms with van der Waals surface area (Å²) in [4.78, 5) is 0. The van der Waals surface area contributed by atoms with Gasteiger partial charge < -0.3 is 18.0 Å². The molecule has 0 aliphatic heterocycles. The van der Waals surface area contributed by atoms with Crippen LogP contribution >= 0.6 is 0 Å². The first-order chi connectivity index (χ1) is 9.69. The minimum atomic E-state index is -2.61. The monoisotopic (exact) mass is 298 g/mol. The quantitative estimate of drug-likeness (QED) is 0.622. The molecule has 0 bridgehead atoms. The Balaban J connectivity index is 2.81. The lowest BCUT2D eigenvalue weighted by Gasteiger charge is -2.28. The fourth-order valence-electron chi connectivity index (χ4n) is 2.06. The molecule has 0 aliphatic carbocycles. The van der Waals surface area contributed by atoms with Crippen molar-refractivity contribution in [2.45, 2.75) is 33.7 Å². The second kappa shape index (κ2) is 9.13. The average Bonchev–Trinajstić information content (AvgIpc) is 2.42. The molecule has 1 aromatic rings. The van der Waals surface area contributed by atoms with Gasteiger partial charge in [0.15, 0.2) is 0 Å². The van der Waals surface area contributed by atoms with Crippen LogP contribution in [-0.4, -0.2) is 35.2 Å². The van der Waals surface area contributed by atoms with Gasteiger partial charge in [0.2, 0.25) is 0 Å². The smallest absolute Gasteiger partial charge is 0.494 e. The first-order valence-corrected chi connectivity index (χ1v) is 9.26. The molecule has 0 heterocycles. The highest BCUT2D eigenvalue weighted by Gasteiger charge is 2.40. The first-order valence-electron chi connectivity index (χ1n) is 7.33. The molecule has 0 radical (unpaired) electrons. The van der Waals surface area contributed by atoms with Crippen LogP contribution in [0.1, 0.15) is 33.3 Å². The van der Waals surface area contributed by atoms with Gasteiger partial charge in [-0.3, -0.25) is 0 Å². The van der Waals surface area contributed by atoms with Crippen molar-refractivity contribution in [2.24, 2.45) is 0 Å². The molecule has 0 saturated heterocycles. The van der Waals surface area contributed by atoms with Crippen LogP contribution < -0.4 is 4.74 Å². The molecule has 0 saturated carbocycles. The minimum Gasteiger partial charge on any atom is -0.494 e. The second-order valence-electron chi connectivity index (χ2n) is 4.24. The van der Waals surface area contributed by atoms with Crippen LogP contribution in [0.25, 0.3) is 0 Å². The maximum Gasteiger partial charge on any atom is 0.505 e. The van der Waals surface area contributed by atoms with Gasteiger partial charge in [0.05, 0.1) is 6.61 Å². The number of ether oxygens (including phenoxy) is 1. The SMILES string of the molecule is CCOc1ccc(C[Si](OCC)(OCC)OCC)cc1. The summed E-state index contributed by atoms with van der Waals surface area (Å²) in [6, 6.07) is 8.73. The zero-order chi connectivity index (χ0) is 14.8. The van der Waals surface area contributed by atoms with E-state index in [1.807, 2.05) is 52.0 Å². The molecule has 0 aliphatic rings. The Bertz CT molecular complexity index is 350. The summed E-state index contributed by atoms with van der Waals surface area (Å²) in [6.45, 7) is 10.4. The van der Waals surface area contributed by atoms with E-state index < -0.39 is 8.80 Å². The molecule has 1 rings (SSSR count). The second-order valence-corrected chi connectivity index (χ2v) is 6.82. The normalized spacial score (nSPS) is 11.6. The Labute approximate surface area is 123 Å². The molecular weight excluding hydrogens is 272 g/mol. The molecule has 0 amide bonds. The maximum absolute atomic E-state index is 5.86. The van der Waals surface area contributed by atoms with E-state index in [9.17, 15) is 0 Å². The summed E-state index contributed by atoms with van der Waals surface area (Å²) in [5.74, 6) is 0.882. The Morgan fingerprint density at radius 1 is 0.750 bits per heavy atom. The summed E-state index contributed by atoms with van der Waals surface area (Å²) in [6.07, 6.45) is 0. The van der Waals surface area contributed by atoms with E-state index in [4.69, 9.17) is 18.0 Å². The van der Waals surface area contributed by atoms with Gasteiger partial charge in [0, 0.05) is 25.9 Å². The van der Waals surface area contributed by atoms with Gasteiger partial charge in [-0.05, 0) is 45.4 Å². The van der Waals surface area contributed by atoms with E-state index in [-0.39, 0.29) is 0 Å². The Hall–Kier alpha value is -0.883. The lowest BCUT2D eigenvalue weighted by Crippen LogP contribution is -2.48. The zero-order valence-electron chi connectivity index (χ0n) is 13.0. The Morgan fingerprint density at radius 3 is 1.65 bits per heavy atom. The standard InChI is InChI=1S/C15H26O4Si/c1-5-16-15-11-9-14(10-12-15)13-20(17-6-2,18-7-3)19-8-4/h9-12H,5-8,13H2,1-4H3. The van der Waals surface area contributed by atoms with E-state index in [0.717, 1.165) is 11.3 Å². The largest absolute Gasteiger partial charge is 0.505 e. The van der Waals surface area contributed by atoms with Crippen molar-refractivity contribution in [1.82, 2.24) is 0 Å². The van der Waals surface area contributed by atoms with Crippen LogP contribution in [0.15, 0.2) is 24.3 Å². The number of benzene rings is 1. The van der Waals surface area contributed by atoms with E-state index in [1.54, 1.807) is 0 Å². The van der Waals surface area contributed by atoms with Gasteiger partial charge >= 0.3 is 8.80 Å². The highest BCUT2D eigenvalue weighted by molar-refractivity contribution is 6.60. The third-order valence-electron chi connectivity index (χ3n) is 2.75. The van der Waals surface area contributed by atoms with Crippen molar-refractivity contribution in [2.75, 3.05) is 26.4 Å². The molecule has 114 valence electrons. The molecule has 0 spiro atoms. The van der Waals surface area contributed by atoms with E-state index in [0.29, 0.717) is 32.5 Å². The van der Waals surface area contributed by atoms with Crippen molar-refractivity contribution >= 4 is 8.80 Å². The molecule has 4 nitrogen and oxygen atoms in total.